The van der Waals surface area contributed by atoms with Crippen LogP contribution in [0, 0.1) is 11.8 Å². The largest absolute Gasteiger partial charge is 0.480 e. The molecule has 0 aromatic carbocycles. The van der Waals surface area contributed by atoms with Crippen LogP contribution in [-0.4, -0.2) is 53.8 Å². The van der Waals surface area contributed by atoms with E-state index in [0.717, 1.165) is 25.8 Å². The SMILES string of the molecule is CC[C@H](C)[C@@H](C(=O)O)N(C)CC[C@H](C)CCNC(=O)OC(C)(C)C. The van der Waals surface area contributed by atoms with E-state index in [0.29, 0.717) is 12.5 Å². The van der Waals surface area contributed by atoms with Crippen LogP contribution >= 0.6 is 0 Å². The van der Waals surface area contributed by atoms with E-state index < -0.39 is 23.7 Å². The zero-order chi connectivity index (χ0) is 18.9. The number of carboxylic acid groups (broad SMARTS) is 1. The zero-order valence-electron chi connectivity index (χ0n) is 16.4. The van der Waals surface area contributed by atoms with Gasteiger partial charge in [0.1, 0.15) is 11.6 Å². The number of nitrogens with zero attached hydrogens (tertiary/aromatic N) is 1. The number of rotatable bonds is 10. The number of aliphatic carboxylic acids is 1. The van der Waals surface area contributed by atoms with E-state index in [1.807, 2.05) is 46.6 Å². The molecule has 0 unspecified atom stereocenters. The fraction of sp³-hybridized carbons (Fsp3) is 0.889. The van der Waals surface area contributed by atoms with Crippen LogP contribution in [0.2, 0.25) is 0 Å². The average Bonchev–Trinajstić information content (AvgIpc) is 2.42. The number of carboxylic acids is 1. The van der Waals surface area contributed by atoms with E-state index in [-0.39, 0.29) is 5.92 Å². The summed E-state index contributed by atoms with van der Waals surface area (Å²) in [7, 11) is 1.87. The van der Waals surface area contributed by atoms with E-state index in [9.17, 15) is 14.7 Å². The summed E-state index contributed by atoms with van der Waals surface area (Å²) in [6, 6.07) is -0.443. The highest BCUT2D eigenvalue weighted by atomic mass is 16.6. The number of hydrogen-bond acceptors (Lipinski definition) is 4. The molecule has 0 aliphatic rings. The van der Waals surface area contributed by atoms with Gasteiger partial charge in [-0.2, -0.15) is 0 Å². The zero-order valence-corrected chi connectivity index (χ0v) is 16.4. The fourth-order valence-electron chi connectivity index (χ4n) is 2.53. The minimum absolute atomic E-state index is 0.122. The number of ether oxygens (including phenoxy) is 1. The standard InChI is InChI=1S/C18H36N2O4/c1-8-14(3)15(16(21)22)20(7)12-10-13(2)9-11-19-17(23)24-18(4,5)6/h13-15H,8-12H2,1-7H3,(H,19,23)(H,21,22)/t13-,14+,15+/m1/s1. The predicted molar refractivity (Wildman–Crippen MR) is 96.1 cm³/mol. The molecule has 0 heterocycles. The van der Waals surface area contributed by atoms with E-state index in [1.54, 1.807) is 0 Å². The summed E-state index contributed by atoms with van der Waals surface area (Å²) in [4.78, 5) is 24.9. The Hall–Kier alpha value is -1.30. The Balaban J connectivity index is 4.14. The Bertz CT molecular complexity index is 393. The Labute approximate surface area is 146 Å². The molecule has 0 aromatic heterocycles. The lowest BCUT2D eigenvalue weighted by Crippen LogP contribution is -2.43. The maximum atomic E-state index is 11.6. The molecule has 0 spiro atoms. The van der Waals surface area contributed by atoms with Gasteiger partial charge in [-0.05, 0) is 59.0 Å². The minimum Gasteiger partial charge on any atom is -0.480 e. The topological polar surface area (TPSA) is 78.9 Å². The summed E-state index contributed by atoms with van der Waals surface area (Å²) in [5.41, 5.74) is -0.486. The van der Waals surface area contributed by atoms with Crippen molar-refractivity contribution in [3.8, 4) is 0 Å². The first kappa shape index (κ1) is 22.7. The van der Waals surface area contributed by atoms with Gasteiger partial charge in [0.15, 0.2) is 0 Å². The number of carbonyl (C=O) groups is 2. The monoisotopic (exact) mass is 344 g/mol. The molecule has 2 N–H and O–H groups in total. The quantitative estimate of drug-likeness (QED) is 0.635. The van der Waals surface area contributed by atoms with Gasteiger partial charge in [0.05, 0.1) is 0 Å². The number of hydrogen-bond donors (Lipinski definition) is 2. The van der Waals surface area contributed by atoms with Gasteiger partial charge in [-0.3, -0.25) is 9.69 Å². The molecule has 1 amide bonds. The average molecular weight is 344 g/mol. The molecule has 0 rings (SSSR count). The first-order valence-corrected chi connectivity index (χ1v) is 8.87. The second kappa shape index (κ2) is 10.5. The van der Waals surface area contributed by atoms with Crippen LogP contribution in [0.25, 0.3) is 0 Å². The molecule has 0 saturated heterocycles. The predicted octanol–water partition coefficient (Wildman–Crippen LogP) is 3.36. The molecular formula is C18H36N2O4. The third-order valence-electron chi connectivity index (χ3n) is 4.19. The van der Waals surface area contributed by atoms with Crippen LogP contribution in [0.4, 0.5) is 4.79 Å². The van der Waals surface area contributed by atoms with Crippen LogP contribution in [0.5, 0.6) is 0 Å². The number of alkyl carbamates (subject to hydrolysis) is 1. The summed E-state index contributed by atoms with van der Waals surface area (Å²) in [5.74, 6) is -0.239. The molecular weight excluding hydrogens is 308 g/mol. The Morgan fingerprint density at radius 2 is 1.79 bits per heavy atom. The lowest BCUT2D eigenvalue weighted by atomic mass is 9.97. The fourth-order valence-corrected chi connectivity index (χ4v) is 2.53. The first-order chi connectivity index (χ1) is 11.0. The van der Waals surface area contributed by atoms with Gasteiger partial charge in [0.2, 0.25) is 0 Å². The van der Waals surface area contributed by atoms with Crippen molar-refractivity contribution in [1.29, 1.82) is 0 Å². The molecule has 0 aromatic rings. The van der Waals surface area contributed by atoms with Crippen LogP contribution < -0.4 is 5.32 Å². The molecule has 0 bridgehead atoms. The van der Waals surface area contributed by atoms with E-state index in [2.05, 4.69) is 12.2 Å². The molecule has 6 nitrogen and oxygen atoms in total. The lowest BCUT2D eigenvalue weighted by Gasteiger charge is -2.29. The highest BCUT2D eigenvalue weighted by Gasteiger charge is 2.27. The molecule has 0 fully saturated rings. The van der Waals surface area contributed by atoms with Gasteiger partial charge >= 0.3 is 12.1 Å². The molecule has 3 atom stereocenters. The van der Waals surface area contributed by atoms with Crippen LogP contribution in [-0.2, 0) is 9.53 Å². The van der Waals surface area contributed by atoms with Crippen LogP contribution in [0.1, 0.15) is 60.8 Å². The van der Waals surface area contributed by atoms with Gasteiger partial charge in [-0.25, -0.2) is 4.79 Å². The summed E-state index contributed by atoms with van der Waals surface area (Å²) >= 11 is 0. The molecule has 0 aliphatic carbocycles. The highest BCUT2D eigenvalue weighted by Crippen LogP contribution is 2.16. The van der Waals surface area contributed by atoms with Crippen molar-refractivity contribution in [2.45, 2.75) is 72.4 Å². The lowest BCUT2D eigenvalue weighted by molar-refractivity contribution is -0.144. The first-order valence-electron chi connectivity index (χ1n) is 8.87. The molecule has 0 saturated carbocycles. The maximum Gasteiger partial charge on any atom is 0.407 e. The van der Waals surface area contributed by atoms with Crippen LogP contribution in [0.3, 0.4) is 0 Å². The molecule has 142 valence electrons. The summed E-state index contributed by atoms with van der Waals surface area (Å²) in [5, 5.41) is 12.2. The summed E-state index contributed by atoms with van der Waals surface area (Å²) in [6.45, 7) is 12.9. The van der Waals surface area contributed by atoms with Crippen molar-refractivity contribution in [3.05, 3.63) is 0 Å². The maximum absolute atomic E-state index is 11.6. The van der Waals surface area contributed by atoms with Crippen molar-refractivity contribution in [1.82, 2.24) is 10.2 Å². The second-order valence-electron chi connectivity index (χ2n) is 7.76. The van der Waals surface area contributed by atoms with Gasteiger partial charge in [0.25, 0.3) is 0 Å². The number of amides is 1. The van der Waals surface area contributed by atoms with Gasteiger partial charge in [0, 0.05) is 6.54 Å². The Morgan fingerprint density at radius 3 is 2.25 bits per heavy atom. The van der Waals surface area contributed by atoms with Crippen molar-refractivity contribution >= 4 is 12.1 Å². The Morgan fingerprint density at radius 1 is 1.21 bits per heavy atom. The van der Waals surface area contributed by atoms with Crippen molar-refractivity contribution in [2.75, 3.05) is 20.1 Å². The van der Waals surface area contributed by atoms with Crippen molar-refractivity contribution in [3.63, 3.8) is 0 Å². The number of carbonyl (C=O) groups excluding carboxylic acids is 1. The molecule has 0 aliphatic heterocycles. The van der Waals surface area contributed by atoms with E-state index in [4.69, 9.17) is 4.74 Å². The smallest absolute Gasteiger partial charge is 0.407 e. The van der Waals surface area contributed by atoms with Gasteiger partial charge in [-0.1, -0.05) is 27.2 Å². The van der Waals surface area contributed by atoms with Crippen LogP contribution in [0.15, 0.2) is 0 Å². The summed E-state index contributed by atoms with van der Waals surface area (Å²) < 4.78 is 5.19. The highest BCUT2D eigenvalue weighted by molar-refractivity contribution is 5.73. The van der Waals surface area contributed by atoms with E-state index in [1.165, 1.54) is 0 Å². The van der Waals surface area contributed by atoms with Crippen molar-refractivity contribution in [2.24, 2.45) is 11.8 Å². The number of nitrogens with one attached hydrogen (secondary N) is 1. The molecule has 6 heteroatoms. The third-order valence-corrected chi connectivity index (χ3v) is 4.19. The van der Waals surface area contributed by atoms with Crippen molar-refractivity contribution < 1.29 is 19.4 Å². The Kier molecular flexibility index (Phi) is 9.97. The minimum atomic E-state index is -0.758. The normalized spacial score (nSPS) is 15.7. The third kappa shape index (κ3) is 9.75. The van der Waals surface area contributed by atoms with Gasteiger partial charge in [-0.15, -0.1) is 0 Å². The van der Waals surface area contributed by atoms with E-state index >= 15 is 0 Å². The second-order valence-corrected chi connectivity index (χ2v) is 7.76. The number of likely N-dealkylation sites (N-methyl/N-ethyl adjacent to an activating group) is 1. The molecule has 24 heavy (non-hydrogen) atoms. The molecule has 0 radical (unpaired) electrons. The van der Waals surface area contributed by atoms with Gasteiger partial charge < -0.3 is 15.2 Å². The summed E-state index contributed by atoms with van der Waals surface area (Å²) in [6.07, 6.45) is 2.19.